The van der Waals surface area contributed by atoms with Gasteiger partial charge in [-0.25, -0.2) is 4.39 Å². The molecule has 3 heterocycles. The van der Waals surface area contributed by atoms with Crippen LogP contribution in [0.1, 0.15) is 16.9 Å². The summed E-state index contributed by atoms with van der Waals surface area (Å²) in [7, 11) is 0. The van der Waals surface area contributed by atoms with Crippen molar-refractivity contribution < 1.29 is 9.18 Å². The SMILES string of the molecule is O=C(c1cc(-c2ccc(F)cc2)n[nH]1)N1CCC(N2CCNCC2)C1. The van der Waals surface area contributed by atoms with Crippen LogP contribution < -0.4 is 5.32 Å². The number of nitrogens with zero attached hydrogens (tertiary/aromatic N) is 3. The zero-order valence-corrected chi connectivity index (χ0v) is 14.0. The van der Waals surface area contributed by atoms with Crippen LogP contribution in [-0.4, -0.2) is 71.2 Å². The average Bonchev–Trinajstić information content (AvgIpc) is 3.33. The van der Waals surface area contributed by atoms with Crippen LogP contribution in [0.15, 0.2) is 30.3 Å². The van der Waals surface area contributed by atoms with E-state index in [1.165, 1.54) is 12.1 Å². The third-order valence-electron chi connectivity index (χ3n) is 5.07. The molecule has 4 rings (SSSR count). The Hall–Kier alpha value is -2.25. The first-order valence-electron chi connectivity index (χ1n) is 8.76. The molecule has 25 heavy (non-hydrogen) atoms. The van der Waals surface area contributed by atoms with Crippen LogP contribution in [0.2, 0.25) is 0 Å². The highest BCUT2D eigenvalue weighted by Crippen LogP contribution is 2.21. The largest absolute Gasteiger partial charge is 0.336 e. The van der Waals surface area contributed by atoms with Crippen molar-refractivity contribution in [3.8, 4) is 11.3 Å². The number of nitrogens with one attached hydrogen (secondary N) is 2. The lowest BCUT2D eigenvalue weighted by Crippen LogP contribution is -2.49. The Morgan fingerprint density at radius 3 is 2.68 bits per heavy atom. The van der Waals surface area contributed by atoms with Crippen molar-refractivity contribution in [2.24, 2.45) is 0 Å². The minimum atomic E-state index is -0.286. The van der Waals surface area contributed by atoms with Crippen LogP contribution in [0.25, 0.3) is 11.3 Å². The molecule has 1 aromatic carbocycles. The summed E-state index contributed by atoms with van der Waals surface area (Å²) in [6, 6.07) is 8.30. The third kappa shape index (κ3) is 3.43. The Labute approximate surface area is 146 Å². The van der Waals surface area contributed by atoms with Crippen molar-refractivity contribution in [3.63, 3.8) is 0 Å². The van der Waals surface area contributed by atoms with Crippen LogP contribution in [0.3, 0.4) is 0 Å². The lowest BCUT2D eigenvalue weighted by Gasteiger charge is -2.32. The van der Waals surface area contributed by atoms with Crippen molar-refractivity contribution in [2.45, 2.75) is 12.5 Å². The molecule has 0 aliphatic carbocycles. The number of likely N-dealkylation sites (tertiary alicyclic amines) is 1. The zero-order chi connectivity index (χ0) is 17.2. The minimum absolute atomic E-state index is 0.0153. The Balaban J connectivity index is 1.42. The van der Waals surface area contributed by atoms with E-state index in [0.717, 1.165) is 51.3 Å². The summed E-state index contributed by atoms with van der Waals surface area (Å²) in [4.78, 5) is 17.1. The van der Waals surface area contributed by atoms with Crippen molar-refractivity contribution in [2.75, 3.05) is 39.3 Å². The number of halogens is 1. The number of amides is 1. The summed E-state index contributed by atoms with van der Waals surface area (Å²) in [5.74, 6) is -0.301. The first-order chi connectivity index (χ1) is 12.2. The topological polar surface area (TPSA) is 64.3 Å². The fourth-order valence-electron chi connectivity index (χ4n) is 3.64. The molecular weight excluding hydrogens is 321 g/mol. The lowest BCUT2D eigenvalue weighted by atomic mass is 10.1. The van der Waals surface area contributed by atoms with Gasteiger partial charge < -0.3 is 10.2 Å². The molecule has 2 aromatic rings. The fraction of sp³-hybridized carbons (Fsp3) is 0.444. The standard InChI is InChI=1S/C18H22FN5O/c19-14-3-1-13(2-4-14)16-11-17(22-21-16)18(25)24-8-5-15(12-24)23-9-6-20-7-10-23/h1-4,11,15,20H,5-10,12H2,(H,21,22). The van der Waals surface area contributed by atoms with Gasteiger partial charge in [-0.1, -0.05) is 0 Å². The number of carbonyl (C=O) groups excluding carboxylic acids is 1. The molecule has 1 aromatic heterocycles. The first kappa shape index (κ1) is 16.2. The van der Waals surface area contributed by atoms with E-state index in [1.54, 1.807) is 18.2 Å². The molecule has 2 N–H and O–H groups in total. The van der Waals surface area contributed by atoms with E-state index in [2.05, 4.69) is 20.4 Å². The van der Waals surface area contributed by atoms with Crippen molar-refractivity contribution in [1.82, 2.24) is 25.3 Å². The lowest BCUT2D eigenvalue weighted by molar-refractivity contribution is 0.0767. The highest BCUT2D eigenvalue weighted by Gasteiger charge is 2.31. The summed E-state index contributed by atoms with van der Waals surface area (Å²) < 4.78 is 13.0. The van der Waals surface area contributed by atoms with E-state index in [-0.39, 0.29) is 11.7 Å². The molecule has 2 aliphatic heterocycles. The molecule has 0 radical (unpaired) electrons. The maximum atomic E-state index is 13.0. The van der Waals surface area contributed by atoms with Gasteiger partial charge in [0.1, 0.15) is 11.5 Å². The molecule has 7 heteroatoms. The summed E-state index contributed by atoms with van der Waals surface area (Å²) in [5, 5.41) is 10.4. The average molecular weight is 343 g/mol. The van der Waals surface area contributed by atoms with Gasteiger partial charge in [0.2, 0.25) is 0 Å². The predicted octanol–water partition coefficient (Wildman–Crippen LogP) is 1.34. The minimum Gasteiger partial charge on any atom is -0.336 e. The Kier molecular flexibility index (Phi) is 4.50. The molecule has 1 atom stereocenters. The number of rotatable bonds is 3. The summed E-state index contributed by atoms with van der Waals surface area (Å²) in [6.07, 6.45) is 1.02. The van der Waals surface area contributed by atoms with Gasteiger partial charge in [0.25, 0.3) is 5.91 Å². The van der Waals surface area contributed by atoms with Crippen LogP contribution in [0, 0.1) is 5.82 Å². The normalized spacial score (nSPS) is 21.6. The number of benzene rings is 1. The van der Waals surface area contributed by atoms with Gasteiger partial charge in [-0.15, -0.1) is 0 Å². The number of aromatic amines is 1. The molecule has 0 bridgehead atoms. The van der Waals surface area contributed by atoms with Crippen molar-refractivity contribution >= 4 is 5.91 Å². The second-order valence-electron chi connectivity index (χ2n) is 6.65. The Morgan fingerprint density at radius 1 is 1.16 bits per heavy atom. The van der Waals surface area contributed by atoms with E-state index >= 15 is 0 Å². The molecule has 1 amide bonds. The summed E-state index contributed by atoms with van der Waals surface area (Å²) >= 11 is 0. The van der Waals surface area contributed by atoms with Gasteiger partial charge in [0.05, 0.1) is 5.69 Å². The van der Waals surface area contributed by atoms with E-state index in [9.17, 15) is 9.18 Å². The highest BCUT2D eigenvalue weighted by molar-refractivity contribution is 5.93. The van der Waals surface area contributed by atoms with Gasteiger partial charge in [-0.3, -0.25) is 14.8 Å². The van der Waals surface area contributed by atoms with Crippen LogP contribution in [-0.2, 0) is 0 Å². The number of hydrogen-bond donors (Lipinski definition) is 2. The van der Waals surface area contributed by atoms with E-state index in [0.29, 0.717) is 17.4 Å². The highest BCUT2D eigenvalue weighted by atomic mass is 19.1. The molecule has 2 saturated heterocycles. The molecule has 0 saturated carbocycles. The van der Waals surface area contributed by atoms with Crippen molar-refractivity contribution in [1.29, 1.82) is 0 Å². The van der Waals surface area contributed by atoms with Gasteiger partial charge in [0, 0.05) is 50.9 Å². The number of hydrogen-bond acceptors (Lipinski definition) is 4. The second kappa shape index (κ2) is 6.93. The fourth-order valence-corrected chi connectivity index (χ4v) is 3.64. The Bertz CT molecular complexity index is 738. The molecule has 1 unspecified atom stereocenters. The van der Waals surface area contributed by atoms with Crippen LogP contribution in [0.5, 0.6) is 0 Å². The zero-order valence-electron chi connectivity index (χ0n) is 14.0. The molecule has 2 aliphatic rings. The van der Waals surface area contributed by atoms with Gasteiger partial charge in [-0.2, -0.15) is 5.10 Å². The number of H-pyrrole nitrogens is 1. The molecular formula is C18H22FN5O. The molecule has 132 valence electrons. The van der Waals surface area contributed by atoms with E-state index in [4.69, 9.17) is 0 Å². The first-order valence-corrected chi connectivity index (χ1v) is 8.76. The van der Waals surface area contributed by atoms with Gasteiger partial charge in [-0.05, 0) is 36.8 Å². The quantitative estimate of drug-likeness (QED) is 0.883. The summed E-state index contributed by atoms with van der Waals surface area (Å²) in [6.45, 7) is 5.68. The van der Waals surface area contributed by atoms with Crippen molar-refractivity contribution in [3.05, 3.63) is 41.8 Å². The number of aromatic nitrogens is 2. The predicted molar refractivity (Wildman–Crippen MR) is 92.7 cm³/mol. The molecule has 0 spiro atoms. The van der Waals surface area contributed by atoms with E-state index < -0.39 is 0 Å². The van der Waals surface area contributed by atoms with E-state index in [1.807, 2.05) is 4.90 Å². The van der Waals surface area contributed by atoms with Gasteiger partial charge in [0.15, 0.2) is 0 Å². The smallest absolute Gasteiger partial charge is 0.271 e. The van der Waals surface area contributed by atoms with Gasteiger partial charge >= 0.3 is 0 Å². The maximum Gasteiger partial charge on any atom is 0.271 e. The maximum absolute atomic E-state index is 13.0. The summed E-state index contributed by atoms with van der Waals surface area (Å²) in [5.41, 5.74) is 1.93. The molecule has 2 fully saturated rings. The third-order valence-corrected chi connectivity index (χ3v) is 5.07. The molecule has 6 nitrogen and oxygen atoms in total. The van der Waals surface area contributed by atoms with Crippen LogP contribution >= 0.6 is 0 Å². The van der Waals surface area contributed by atoms with Crippen LogP contribution in [0.4, 0.5) is 4.39 Å². The number of carbonyl (C=O) groups is 1. The number of piperazine rings is 1. The second-order valence-corrected chi connectivity index (χ2v) is 6.65. The Morgan fingerprint density at radius 2 is 1.92 bits per heavy atom. The monoisotopic (exact) mass is 343 g/mol.